The van der Waals surface area contributed by atoms with Gasteiger partial charge in [-0.25, -0.2) is 13.1 Å². The first-order chi connectivity index (χ1) is 8.90. The highest BCUT2D eigenvalue weighted by Gasteiger charge is 2.26. The van der Waals surface area contributed by atoms with Crippen LogP contribution in [0.25, 0.3) is 0 Å². The van der Waals surface area contributed by atoms with Crippen LogP contribution in [-0.2, 0) is 14.8 Å². The number of aryl methyl sites for hydroxylation is 1. The van der Waals surface area contributed by atoms with Gasteiger partial charge in [0.1, 0.15) is 0 Å². The molecule has 2 rings (SSSR count). The van der Waals surface area contributed by atoms with E-state index in [-0.39, 0.29) is 12.0 Å². The number of hydrogen-bond acceptors (Lipinski definition) is 3. The Balaban J connectivity index is 2.07. The molecule has 19 heavy (non-hydrogen) atoms. The molecule has 1 aliphatic heterocycles. The topological polar surface area (TPSA) is 55.4 Å². The molecule has 1 saturated heterocycles. The van der Waals surface area contributed by atoms with Crippen molar-refractivity contribution in [2.75, 3.05) is 13.2 Å². The fourth-order valence-corrected chi connectivity index (χ4v) is 3.55. The summed E-state index contributed by atoms with van der Waals surface area (Å²) in [5, 5.41) is 0. The number of ether oxygens (including phenoxy) is 1. The van der Waals surface area contributed by atoms with Crippen LogP contribution in [0.5, 0.6) is 0 Å². The van der Waals surface area contributed by atoms with Gasteiger partial charge < -0.3 is 4.74 Å². The summed E-state index contributed by atoms with van der Waals surface area (Å²) < 4.78 is 33.4. The zero-order valence-electron chi connectivity index (χ0n) is 11.0. The third-order valence-electron chi connectivity index (χ3n) is 3.51. The molecule has 0 aliphatic carbocycles. The molecule has 4 nitrogen and oxygen atoms in total. The maximum absolute atomic E-state index is 12.2. The SMILES string of the molecule is Cc1cc(S(=O)(=O)NCC2CCOC2C)ccc1Br. The van der Waals surface area contributed by atoms with E-state index in [4.69, 9.17) is 4.74 Å². The average molecular weight is 348 g/mol. The smallest absolute Gasteiger partial charge is 0.240 e. The van der Waals surface area contributed by atoms with Gasteiger partial charge in [-0.05, 0) is 44.0 Å². The molecule has 2 atom stereocenters. The van der Waals surface area contributed by atoms with Crippen molar-refractivity contribution in [3.05, 3.63) is 28.2 Å². The van der Waals surface area contributed by atoms with Crippen molar-refractivity contribution in [1.29, 1.82) is 0 Å². The Bertz CT molecular complexity index is 559. The Morgan fingerprint density at radius 3 is 2.79 bits per heavy atom. The zero-order chi connectivity index (χ0) is 14.0. The largest absolute Gasteiger partial charge is 0.378 e. The second-order valence-corrected chi connectivity index (χ2v) is 7.51. The number of sulfonamides is 1. The van der Waals surface area contributed by atoms with E-state index < -0.39 is 10.0 Å². The minimum Gasteiger partial charge on any atom is -0.378 e. The van der Waals surface area contributed by atoms with Crippen molar-refractivity contribution in [3.8, 4) is 0 Å². The van der Waals surface area contributed by atoms with Gasteiger partial charge in [-0.2, -0.15) is 0 Å². The first kappa shape index (κ1) is 15.0. The standard InChI is InChI=1S/C13H18BrNO3S/c1-9-7-12(3-4-13(9)14)19(16,17)15-8-11-5-6-18-10(11)2/h3-4,7,10-11,15H,5-6,8H2,1-2H3. The highest BCUT2D eigenvalue weighted by Crippen LogP contribution is 2.22. The summed E-state index contributed by atoms with van der Waals surface area (Å²) in [6, 6.07) is 5.03. The summed E-state index contributed by atoms with van der Waals surface area (Å²) in [7, 11) is -3.44. The van der Waals surface area contributed by atoms with Crippen LogP contribution >= 0.6 is 15.9 Å². The van der Waals surface area contributed by atoms with Crippen molar-refractivity contribution >= 4 is 26.0 Å². The lowest BCUT2D eigenvalue weighted by molar-refractivity contribution is 0.107. The van der Waals surface area contributed by atoms with E-state index in [2.05, 4.69) is 20.7 Å². The van der Waals surface area contributed by atoms with E-state index in [9.17, 15) is 8.42 Å². The highest BCUT2D eigenvalue weighted by molar-refractivity contribution is 9.10. The lowest BCUT2D eigenvalue weighted by atomic mass is 10.0. The second-order valence-electron chi connectivity index (χ2n) is 4.89. The summed E-state index contributed by atoms with van der Waals surface area (Å²) in [5.74, 6) is 0.256. The van der Waals surface area contributed by atoms with Gasteiger partial charge in [0, 0.05) is 23.5 Å². The van der Waals surface area contributed by atoms with E-state index in [1.54, 1.807) is 18.2 Å². The quantitative estimate of drug-likeness (QED) is 0.910. The molecule has 0 aromatic heterocycles. The van der Waals surface area contributed by atoms with Gasteiger partial charge in [-0.1, -0.05) is 15.9 Å². The Hall–Kier alpha value is -0.430. The van der Waals surface area contributed by atoms with E-state index in [1.807, 2.05) is 13.8 Å². The van der Waals surface area contributed by atoms with Crippen molar-refractivity contribution < 1.29 is 13.2 Å². The van der Waals surface area contributed by atoms with Crippen LogP contribution in [0.2, 0.25) is 0 Å². The van der Waals surface area contributed by atoms with Gasteiger partial charge >= 0.3 is 0 Å². The van der Waals surface area contributed by atoms with E-state index in [0.717, 1.165) is 16.5 Å². The number of nitrogens with one attached hydrogen (secondary N) is 1. The molecule has 1 aromatic rings. The molecule has 106 valence electrons. The molecule has 0 saturated carbocycles. The molecule has 0 bridgehead atoms. The van der Waals surface area contributed by atoms with Crippen LogP contribution in [0.1, 0.15) is 18.9 Å². The van der Waals surface area contributed by atoms with Crippen molar-refractivity contribution in [2.24, 2.45) is 5.92 Å². The fraction of sp³-hybridized carbons (Fsp3) is 0.538. The normalized spacial score (nSPS) is 23.7. The molecule has 1 N–H and O–H groups in total. The minimum atomic E-state index is -3.44. The van der Waals surface area contributed by atoms with Gasteiger partial charge in [0.05, 0.1) is 11.0 Å². The van der Waals surface area contributed by atoms with E-state index >= 15 is 0 Å². The molecular weight excluding hydrogens is 330 g/mol. The predicted molar refractivity (Wildman–Crippen MR) is 77.6 cm³/mol. The van der Waals surface area contributed by atoms with Crippen LogP contribution < -0.4 is 4.72 Å². The van der Waals surface area contributed by atoms with Gasteiger partial charge in [0.2, 0.25) is 10.0 Å². The van der Waals surface area contributed by atoms with Crippen LogP contribution in [0.15, 0.2) is 27.6 Å². The van der Waals surface area contributed by atoms with Crippen LogP contribution in [-0.4, -0.2) is 27.7 Å². The maximum atomic E-state index is 12.2. The molecule has 0 amide bonds. The first-order valence-corrected chi connectivity index (χ1v) is 8.55. The van der Waals surface area contributed by atoms with Crippen molar-refractivity contribution in [1.82, 2.24) is 4.72 Å². The van der Waals surface area contributed by atoms with Crippen LogP contribution in [0.3, 0.4) is 0 Å². The first-order valence-electron chi connectivity index (χ1n) is 6.27. The Kier molecular flexibility index (Phi) is 4.66. The van der Waals surface area contributed by atoms with Crippen molar-refractivity contribution in [2.45, 2.75) is 31.3 Å². The zero-order valence-corrected chi connectivity index (χ0v) is 13.4. The molecular formula is C13H18BrNO3S. The van der Waals surface area contributed by atoms with Crippen LogP contribution in [0.4, 0.5) is 0 Å². The van der Waals surface area contributed by atoms with Gasteiger partial charge in [-0.15, -0.1) is 0 Å². The molecule has 2 unspecified atom stereocenters. The molecule has 1 aromatic carbocycles. The number of rotatable bonds is 4. The lowest BCUT2D eigenvalue weighted by Gasteiger charge is -2.15. The van der Waals surface area contributed by atoms with E-state index in [1.165, 1.54) is 0 Å². The predicted octanol–water partition coefficient (Wildman–Crippen LogP) is 2.46. The van der Waals surface area contributed by atoms with E-state index in [0.29, 0.717) is 18.0 Å². The Morgan fingerprint density at radius 2 is 2.21 bits per heavy atom. The molecule has 0 radical (unpaired) electrons. The fourth-order valence-electron chi connectivity index (χ4n) is 2.13. The monoisotopic (exact) mass is 347 g/mol. The Morgan fingerprint density at radius 1 is 1.47 bits per heavy atom. The lowest BCUT2D eigenvalue weighted by Crippen LogP contribution is -2.32. The van der Waals surface area contributed by atoms with Crippen molar-refractivity contribution in [3.63, 3.8) is 0 Å². The van der Waals surface area contributed by atoms with Crippen LogP contribution in [0, 0.1) is 12.8 Å². The number of halogens is 1. The summed E-state index contributed by atoms with van der Waals surface area (Å²) in [5.41, 5.74) is 0.903. The Labute approximate surface area is 122 Å². The second kappa shape index (κ2) is 5.91. The maximum Gasteiger partial charge on any atom is 0.240 e. The summed E-state index contributed by atoms with van der Waals surface area (Å²) in [4.78, 5) is 0.305. The minimum absolute atomic E-state index is 0.120. The van der Waals surface area contributed by atoms with Gasteiger partial charge in [0.15, 0.2) is 0 Å². The molecule has 1 heterocycles. The molecule has 6 heteroatoms. The van der Waals surface area contributed by atoms with Gasteiger partial charge in [-0.3, -0.25) is 0 Å². The summed E-state index contributed by atoms with van der Waals surface area (Å²) in [6.45, 7) is 5.00. The third kappa shape index (κ3) is 3.56. The third-order valence-corrected chi connectivity index (χ3v) is 5.82. The highest BCUT2D eigenvalue weighted by atomic mass is 79.9. The number of hydrogen-bond donors (Lipinski definition) is 1. The molecule has 0 spiro atoms. The van der Waals surface area contributed by atoms with Gasteiger partial charge in [0.25, 0.3) is 0 Å². The summed E-state index contributed by atoms with van der Waals surface area (Å²) in [6.07, 6.45) is 1.03. The number of benzene rings is 1. The molecule has 1 aliphatic rings. The molecule has 1 fully saturated rings. The summed E-state index contributed by atoms with van der Waals surface area (Å²) >= 11 is 3.37. The average Bonchev–Trinajstić information content (AvgIpc) is 2.76.